The van der Waals surface area contributed by atoms with Crippen LogP contribution >= 0.6 is 0 Å². The first kappa shape index (κ1) is 24.2. The van der Waals surface area contributed by atoms with Crippen LogP contribution in [0.4, 0.5) is 4.79 Å². The van der Waals surface area contributed by atoms with Gasteiger partial charge in [-0.1, -0.05) is 36.4 Å². The Morgan fingerprint density at radius 1 is 1.14 bits per heavy atom. The van der Waals surface area contributed by atoms with Crippen LogP contribution in [-0.2, 0) is 19.9 Å². The Hall–Kier alpha value is -3.90. The molecule has 3 N–H and O–H groups in total. The van der Waals surface area contributed by atoms with Gasteiger partial charge in [-0.15, -0.1) is 0 Å². The standard InChI is InChI=1S/C26H27N3O6/c1-25(2,3)35-24(32)29-14-16-12-18(16)21(29)22(30)34-20-11-15(13-27)9-10-19(20)26(33,23(28)31)17-7-5-4-6-8-17/h4-11,16,18,21,33H,12,14H2,1-3H3,(H2,28,31). The second-order valence-electron chi connectivity index (χ2n) is 9.92. The third-order valence-electron chi connectivity index (χ3n) is 6.28. The fraction of sp³-hybridized carbons (Fsp3) is 0.385. The lowest BCUT2D eigenvalue weighted by Crippen LogP contribution is -2.47. The van der Waals surface area contributed by atoms with Crippen LogP contribution in [0.1, 0.15) is 43.9 Å². The van der Waals surface area contributed by atoms with Crippen LogP contribution in [0.5, 0.6) is 5.75 Å². The Balaban J connectivity index is 1.70. The van der Waals surface area contributed by atoms with E-state index in [0.717, 1.165) is 6.42 Å². The first-order valence-electron chi connectivity index (χ1n) is 11.3. The fourth-order valence-corrected chi connectivity index (χ4v) is 4.53. The highest BCUT2D eigenvalue weighted by molar-refractivity contribution is 5.91. The highest BCUT2D eigenvalue weighted by atomic mass is 16.6. The number of esters is 1. The van der Waals surface area contributed by atoms with E-state index in [1.807, 2.05) is 6.07 Å². The third-order valence-corrected chi connectivity index (χ3v) is 6.28. The number of amides is 2. The summed E-state index contributed by atoms with van der Waals surface area (Å²) in [5, 5.41) is 20.8. The maximum atomic E-state index is 13.4. The van der Waals surface area contributed by atoms with Crippen molar-refractivity contribution in [3.63, 3.8) is 0 Å². The Morgan fingerprint density at radius 2 is 1.83 bits per heavy atom. The average Bonchev–Trinajstić information content (AvgIpc) is 3.46. The normalized spacial score (nSPS) is 22.4. The molecule has 35 heavy (non-hydrogen) atoms. The summed E-state index contributed by atoms with van der Waals surface area (Å²) in [6.07, 6.45) is 0.162. The quantitative estimate of drug-likeness (QED) is 0.497. The number of nitrogens with two attached hydrogens (primary N) is 1. The van der Waals surface area contributed by atoms with Crippen molar-refractivity contribution >= 4 is 18.0 Å². The zero-order valence-corrected chi connectivity index (χ0v) is 19.7. The summed E-state index contributed by atoms with van der Waals surface area (Å²) in [5.41, 5.74) is 2.79. The molecule has 0 aromatic heterocycles. The van der Waals surface area contributed by atoms with Crippen LogP contribution in [0.2, 0.25) is 0 Å². The van der Waals surface area contributed by atoms with Gasteiger partial charge in [0.1, 0.15) is 17.4 Å². The summed E-state index contributed by atoms with van der Waals surface area (Å²) >= 11 is 0. The minimum Gasteiger partial charge on any atom is -0.444 e. The molecule has 4 rings (SSSR count). The molecule has 1 saturated heterocycles. The summed E-state index contributed by atoms with van der Waals surface area (Å²) in [5.74, 6) is -1.90. The number of ether oxygens (including phenoxy) is 2. The van der Waals surface area contributed by atoms with Crippen molar-refractivity contribution in [3.8, 4) is 11.8 Å². The Labute approximate surface area is 203 Å². The third kappa shape index (κ3) is 4.57. The molecule has 9 nitrogen and oxygen atoms in total. The van der Waals surface area contributed by atoms with Crippen molar-refractivity contribution in [2.45, 2.75) is 44.4 Å². The van der Waals surface area contributed by atoms with Gasteiger partial charge in [-0.05, 0) is 56.7 Å². The van der Waals surface area contributed by atoms with E-state index >= 15 is 0 Å². The highest BCUT2D eigenvalue weighted by Gasteiger charge is 2.58. The van der Waals surface area contributed by atoms with E-state index in [4.69, 9.17) is 15.2 Å². The molecule has 2 aromatic carbocycles. The lowest BCUT2D eigenvalue weighted by atomic mass is 9.84. The molecule has 0 radical (unpaired) electrons. The molecule has 4 atom stereocenters. The number of piperidine rings is 1. The number of carbonyl (C=O) groups is 3. The first-order valence-corrected chi connectivity index (χ1v) is 11.3. The predicted molar refractivity (Wildman–Crippen MR) is 124 cm³/mol. The number of fused-ring (bicyclic) bond motifs is 1. The van der Waals surface area contributed by atoms with Crippen LogP contribution in [0, 0.1) is 23.2 Å². The van der Waals surface area contributed by atoms with Gasteiger partial charge in [-0.2, -0.15) is 5.26 Å². The number of hydrogen-bond donors (Lipinski definition) is 2. The van der Waals surface area contributed by atoms with Crippen LogP contribution in [0.15, 0.2) is 48.5 Å². The van der Waals surface area contributed by atoms with Crippen molar-refractivity contribution in [1.82, 2.24) is 4.90 Å². The van der Waals surface area contributed by atoms with E-state index in [2.05, 4.69) is 0 Å². The van der Waals surface area contributed by atoms with Gasteiger partial charge in [0.15, 0.2) is 5.60 Å². The van der Waals surface area contributed by atoms with E-state index in [0.29, 0.717) is 6.54 Å². The van der Waals surface area contributed by atoms with Gasteiger partial charge in [0.25, 0.3) is 5.91 Å². The van der Waals surface area contributed by atoms with E-state index in [1.165, 1.54) is 35.2 Å². The molecular formula is C26H27N3O6. The fourth-order valence-electron chi connectivity index (χ4n) is 4.53. The van der Waals surface area contributed by atoms with Gasteiger partial charge in [-0.3, -0.25) is 9.69 Å². The molecule has 1 heterocycles. The summed E-state index contributed by atoms with van der Waals surface area (Å²) in [7, 11) is 0. The molecule has 2 aliphatic rings. The number of hydrogen-bond acceptors (Lipinski definition) is 7. The Morgan fingerprint density at radius 3 is 2.43 bits per heavy atom. The van der Waals surface area contributed by atoms with Crippen LogP contribution in [0.25, 0.3) is 0 Å². The number of primary amides is 1. The van der Waals surface area contributed by atoms with Crippen molar-refractivity contribution in [2.75, 3.05) is 6.54 Å². The highest BCUT2D eigenvalue weighted by Crippen LogP contribution is 2.50. The number of carbonyl (C=O) groups excluding carboxylic acids is 3. The van der Waals surface area contributed by atoms with Gasteiger partial charge in [0.2, 0.25) is 0 Å². The van der Waals surface area contributed by atoms with E-state index in [-0.39, 0.29) is 34.3 Å². The number of likely N-dealkylation sites (tertiary alicyclic amines) is 1. The maximum absolute atomic E-state index is 13.4. The second-order valence-corrected chi connectivity index (χ2v) is 9.92. The topological polar surface area (TPSA) is 143 Å². The summed E-state index contributed by atoms with van der Waals surface area (Å²) in [6.45, 7) is 5.59. The van der Waals surface area contributed by atoms with Gasteiger partial charge < -0.3 is 20.3 Å². The molecule has 0 spiro atoms. The van der Waals surface area contributed by atoms with Crippen LogP contribution < -0.4 is 10.5 Å². The summed E-state index contributed by atoms with van der Waals surface area (Å²) in [6, 6.07) is 13.1. The lowest BCUT2D eigenvalue weighted by molar-refractivity contribution is -0.141. The zero-order chi connectivity index (χ0) is 25.5. The number of rotatable bonds is 5. The van der Waals surface area contributed by atoms with Crippen LogP contribution in [0.3, 0.4) is 0 Å². The second kappa shape index (κ2) is 8.71. The molecule has 1 aliphatic carbocycles. The molecule has 2 aromatic rings. The van der Waals surface area contributed by atoms with Gasteiger partial charge in [0.05, 0.1) is 11.6 Å². The van der Waals surface area contributed by atoms with E-state index < -0.39 is 35.2 Å². The maximum Gasteiger partial charge on any atom is 0.411 e. The van der Waals surface area contributed by atoms with Crippen molar-refractivity contribution in [3.05, 3.63) is 65.2 Å². The Kier molecular flexibility index (Phi) is 6.03. The first-order chi connectivity index (χ1) is 16.5. The van der Waals surface area contributed by atoms with E-state index in [1.54, 1.807) is 39.0 Å². The van der Waals surface area contributed by atoms with Crippen molar-refractivity contribution < 1.29 is 29.0 Å². The number of benzene rings is 2. The molecule has 2 fully saturated rings. The molecular weight excluding hydrogens is 450 g/mol. The number of nitrogens with zero attached hydrogens (tertiary/aromatic N) is 2. The van der Waals surface area contributed by atoms with Crippen molar-refractivity contribution in [2.24, 2.45) is 17.6 Å². The van der Waals surface area contributed by atoms with Gasteiger partial charge in [0, 0.05) is 12.1 Å². The number of aliphatic hydroxyl groups is 1. The van der Waals surface area contributed by atoms with Crippen LogP contribution in [-0.4, -0.2) is 46.2 Å². The van der Waals surface area contributed by atoms with E-state index in [9.17, 15) is 24.8 Å². The molecule has 0 bridgehead atoms. The largest absolute Gasteiger partial charge is 0.444 e. The monoisotopic (exact) mass is 477 g/mol. The summed E-state index contributed by atoms with van der Waals surface area (Å²) in [4.78, 5) is 40.0. The molecule has 4 unspecified atom stereocenters. The number of nitriles is 1. The molecule has 1 saturated carbocycles. The molecule has 2 amide bonds. The molecule has 1 aliphatic heterocycles. The average molecular weight is 478 g/mol. The predicted octanol–water partition coefficient (Wildman–Crippen LogP) is 2.44. The van der Waals surface area contributed by atoms with Gasteiger partial charge in [-0.25, -0.2) is 9.59 Å². The molecule has 9 heteroatoms. The lowest BCUT2D eigenvalue weighted by Gasteiger charge is -2.30. The zero-order valence-electron chi connectivity index (χ0n) is 19.7. The summed E-state index contributed by atoms with van der Waals surface area (Å²) < 4.78 is 11.2. The Bertz CT molecular complexity index is 1220. The van der Waals surface area contributed by atoms with Crippen molar-refractivity contribution in [1.29, 1.82) is 5.26 Å². The minimum absolute atomic E-state index is 0.0678. The molecule has 182 valence electrons. The SMILES string of the molecule is CC(C)(C)OC(=O)N1CC2CC2C1C(=O)Oc1cc(C#N)ccc1C(O)(C(N)=O)c1ccccc1. The smallest absolute Gasteiger partial charge is 0.411 e. The van der Waals surface area contributed by atoms with Gasteiger partial charge >= 0.3 is 12.1 Å². The minimum atomic E-state index is -2.33.